The van der Waals surface area contributed by atoms with E-state index in [1.165, 1.54) is 0 Å². The lowest BCUT2D eigenvalue weighted by Gasteiger charge is -2.07. The smallest absolute Gasteiger partial charge is 0.259 e. The number of rotatable bonds is 4. The topological polar surface area (TPSA) is 56.1 Å². The van der Waals surface area contributed by atoms with Gasteiger partial charge in [-0.3, -0.25) is 4.79 Å². The summed E-state index contributed by atoms with van der Waals surface area (Å²) in [6.07, 6.45) is 1.58. The number of benzene rings is 2. The van der Waals surface area contributed by atoms with Crippen molar-refractivity contribution in [3.05, 3.63) is 72.1 Å². The van der Waals surface area contributed by atoms with Crippen molar-refractivity contribution in [1.82, 2.24) is 9.78 Å². The van der Waals surface area contributed by atoms with Crippen LogP contribution >= 0.6 is 0 Å². The lowest BCUT2D eigenvalue weighted by atomic mass is 10.2. The fourth-order valence-electron chi connectivity index (χ4n) is 2.33. The van der Waals surface area contributed by atoms with E-state index in [2.05, 4.69) is 10.4 Å². The highest BCUT2D eigenvalue weighted by Crippen LogP contribution is 2.18. The third-order valence-corrected chi connectivity index (χ3v) is 3.60. The number of hydrogen-bond donors (Lipinski definition) is 1. The number of carbonyl (C=O) groups is 1. The molecule has 2 aromatic carbocycles. The molecule has 5 heteroatoms. The number of nitrogens with one attached hydrogen (secondary N) is 1. The molecular formula is C18H17N3O2. The number of methoxy groups -OCH3 is 1. The molecule has 0 bridgehead atoms. The molecule has 3 rings (SSSR count). The van der Waals surface area contributed by atoms with Crippen molar-refractivity contribution in [3.8, 4) is 11.4 Å². The van der Waals surface area contributed by atoms with E-state index in [0.717, 1.165) is 17.1 Å². The Balaban J connectivity index is 1.81. The van der Waals surface area contributed by atoms with Crippen LogP contribution in [0.25, 0.3) is 5.69 Å². The second-order valence-electron chi connectivity index (χ2n) is 5.07. The van der Waals surface area contributed by atoms with Crippen LogP contribution in [0.15, 0.2) is 60.8 Å². The summed E-state index contributed by atoms with van der Waals surface area (Å²) >= 11 is 0. The molecule has 1 aromatic heterocycles. The van der Waals surface area contributed by atoms with Crippen LogP contribution in [-0.4, -0.2) is 22.8 Å². The molecule has 0 spiro atoms. The summed E-state index contributed by atoms with van der Waals surface area (Å²) < 4.78 is 6.86. The number of amides is 1. The van der Waals surface area contributed by atoms with Crippen LogP contribution in [0.5, 0.6) is 5.75 Å². The molecule has 0 radical (unpaired) electrons. The van der Waals surface area contributed by atoms with Gasteiger partial charge in [-0.05, 0) is 43.3 Å². The lowest BCUT2D eigenvalue weighted by Crippen LogP contribution is -2.13. The molecule has 0 atom stereocenters. The minimum atomic E-state index is -0.185. The third-order valence-electron chi connectivity index (χ3n) is 3.60. The molecule has 116 valence electrons. The number of para-hydroxylation sites is 1. The van der Waals surface area contributed by atoms with Gasteiger partial charge in [0.25, 0.3) is 5.91 Å². The molecule has 0 saturated carbocycles. The van der Waals surface area contributed by atoms with Gasteiger partial charge in [0.1, 0.15) is 5.75 Å². The molecule has 0 aliphatic heterocycles. The second kappa shape index (κ2) is 6.36. The number of ether oxygens (including phenoxy) is 1. The monoisotopic (exact) mass is 307 g/mol. The van der Waals surface area contributed by atoms with E-state index in [0.29, 0.717) is 11.3 Å². The number of nitrogens with zero attached hydrogens (tertiary/aromatic N) is 2. The molecule has 3 aromatic rings. The maximum Gasteiger partial charge on any atom is 0.259 e. The zero-order valence-electron chi connectivity index (χ0n) is 13.0. The molecule has 0 fully saturated rings. The average Bonchev–Trinajstić information content (AvgIpc) is 2.98. The molecule has 0 unspecified atom stereocenters. The van der Waals surface area contributed by atoms with Crippen molar-refractivity contribution in [2.45, 2.75) is 6.92 Å². The first-order chi connectivity index (χ1) is 11.2. The zero-order chi connectivity index (χ0) is 16.2. The quantitative estimate of drug-likeness (QED) is 0.803. The van der Waals surface area contributed by atoms with Gasteiger partial charge in [-0.15, -0.1) is 0 Å². The zero-order valence-corrected chi connectivity index (χ0v) is 13.0. The van der Waals surface area contributed by atoms with Crippen molar-refractivity contribution in [1.29, 1.82) is 0 Å². The Morgan fingerprint density at radius 3 is 2.43 bits per heavy atom. The molecule has 5 nitrogen and oxygen atoms in total. The number of hydrogen-bond acceptors (Lipinski definition) is 3. The molecular weight excluding hydrogens is 290 g/mol. The number of carbonyl (C=O) groups excluding carboxylic acids is 1. The van der Waals surface area contributed by atoms with Crippen molar-refractivity contribution < 1.29 is 9.53 Å². The van der Waals surface area contributed by atoms with Crippen LogP contribution in [0.3, 0.4) is 0 Å². The first-order valence-electron chi connectivity index (χ1n) is 7.24. The van der Waals surface area contributed by atoms with E-state index in [1.54, 1.807) is 42.3 Å². The lowest BCUT2D eigenvalue weighted by molar-refractivity contribution is 0.102. The Kier molecular flexibility index (Phi) is 4.10. The van der Waals surface area contributed by atoms with E-state index >= 15 is 0 Å². The minimum Gasteiger partial charge on any atom is -0.497 e. The molecule has 0 aliphatic carbocycles. The van der Waals surface area contributed by atoms with Gasteiger partial charge in [0.2, 0.25) is 0 Å². The Morgan fingerprint density at radius 1 is 1.09 bits per heavy atom. The maximum atomic E-state index is 12.4. The largest absolute Gasteiger partial charge is 0.497 e. The highest BCUT2D eigenvalue weighted by Gasteiger charge is 2.15. The van der Waals surface area contributed by atoms with Crippen molar-refractivity contribution in [2.24, 2.45) is 0 Å². The van der Waals surface area contributed by atoms with Gasteiger partial charge in [0.05, 0.1) is 30.3 Å². The third kappa shape index (κ3) is 3.08. The fourth-order valence-corrected chi connectivity index (χ4v) is 2.33. The predicted octanol–water partition coefficient (Wildman–Crippen LogP) is 3.44. The van der Waals surface area contributed by atoms with Crippen LogP contribution in [0.2, 0.25) is 0 Å². The highest BCUT2D eigenvalue weighted by atomic mass is 16.5. The van der Waals surface area contributed by atoms with Crippen molar-refractivity contribution >= 4 is 11.6 Å². The van der Waals surface area contributed by atoms with Crippen molar-refractivity contribution in [3.63, 3.8) is 0 Å². The minimum absolute atomic E-state index is 0.185. The Morgan fingerprint density at radius 2 is 1.78 bits per heavy atom. The molecule has 1 N–H and O–H groups in total. The molecule has 1 heterocycles. The molecule has 0 aliphatic rings. The van der Waals surface area contributed by atoms with Crippen LogP contribution in [-0.2, 0) is 0 Å². The van der Waals surface area contributed by atoms with E-state index in [1.807, 2.05) is 37.3 Å². The molecule has 1 amide bonds. The first kappa shape index (κ1) is 14.8. The molecule has 0 saturated heterocycles. The first-order valence-corrected chi connectivity index (χ1v) is 7.24. The Labute approximate surface area is 134 Å². The van der Waals surface area contributed by atoms with Crippen LogP contribution < -0.4 is 10.1 Å². The summed E-state index contributed by atoms with van der Waals surface area (Å²) in [5.41, 5.74) is 2.98. The van der Waals surface area contributed by atoms with Gasteiger partial charge < -0.3 is 10.1 Å². The molecule has 23 heavy (non-hydrogen) atoms. The number of aromatic nitrogens is 2. The van der Waals surface area contributed by atoms with E-state index in [9.17, 15) is 4.79 Å². The van der Waals surface area contributed by atoms with Crippen LogP contribution in [0.4, 0.5) is 5.69 Å². The maximum absolute atomic E-state index is 12.4. The van der Waals surface area contributed by atoms with E-state index in [4.69, 9.17) is 4.74 Å². The fraction of sp³-hybridized carbons (Fsp3) is 0.111. The summed E-state index contributed by atoms with van der Waals surface area (Å²) in [5.74, 6) is 0.561. The van der Waals surface area contributed by atoms with Crippen LogP contribution in [0, 0.1) is 6.92 Å². The van der Waals surface area contributed by atoms with E-state index in [-0.39, 0.29) is 5.91 Å². The van der Waals surface area contributed by atoms with Gasteiger partial charge in [-0.2, -0.15) is 5.10 Å². The second-order valence-corrected chi connectivity index (χ2v) is 5.07. The Bertz CT molecular complexity index is 808. The van der Waals surface area contributed by atoms with E-state index < -0.39 is 0 Å². The van der Waals surface area contributed by atoms with Crippen molar-refractivity contribution in [2.75, 3.05) is 12.4 Å². The summed E-state index contributed by atoms with van der Waals surface area (Å²) in [6.45, 7) is 1.88. The van der Waals surface area contributed by atoms with Crippen LogP contribution in [0.1, 0.15) is 16.1 Å². The van der Waals surface area contributed by atoms with Gasteiger partial charge in [-0.25, -0.2) is 4.68 Å². The highest BCUT2D eigenvalue weighted by molar-refractivity contribution is 6.05. The standard InChI is InChI=1S/C18H17N3O2/c1-13-17(12-19-21(13)15-6-4-3-5-7-15)18(22)20-14-8-10-16(23-2)11-9-14/h3-12H,1-2H3,(H,20,22). The normalized spacial score (nSPS) is 10.3. The van der Waals surface area contributed by atoms with Gasteiger partial charge >= 0.3 is 0 Å². The predicted molar refractivity (Wildman–Crippen MR) is 89.2 cm³/mol. The van der Waals surface area contributed by atoms with Gasteiger partial charge in [0.15, 0.2) is 0 Å². The summed E-state index contributed by atoms with van der Waals surface area (Å²) in [6, 6.07) is 16.9. The Hall–Kier alpha value is -3.08. The number of anilines is 1. The average molecular weight is 307 g/mol. The van der Waals surface area contributed by atoms with Gasteiger partial charge in [0, 0.05) is 5.69 Å². The summed E-state index contributed by atoms with van der Waals surface area (Å²) in [4.78, 5) is 12.4. The SMILES string of the molecule is COc1ccc(NC(=O)c2cnn(-c3ccccc3)c2C)cc1. The van der Waals surface area contributed by atoms with Gasteiger partial charge in [-0.1, -0.05) is 18.2 Å². The summed E-state index contributed by atoms with van der Waals surface area (Å²) in [7, 11) is 1.61. The summed E-state index contributed by atoms with van der Waals surface area (Å²) in [5, 5.41) is 7.18.